The van der Waals surface area contributed by atoms with E-state index in [1.807, 2.05) is 6.07 Å². The normalized spacial score (nSPS) is 24.6. The van der Waals surface area contributed by atoms with Gasteiger partial charge in [0.05, 0.1) is 5.56 Å². The average Bonchev–Trinajstić information content (AvgIpc) is 2.49. The lowest BCUT2D eigenvalue weighted by molar-refractivity contribution is -0.125. The summed E-state index contributed by atoms with van der Waals surface area (Å²) in [6.07, 6.45) is 3.34. The second-order valence-electron chi connectivity index (χ2n) is 6.03. The lowest BCUT2D eigenvalue weighted by atomic mass is 9.78. The third-order valence-electron chi connectivity index (χ3n) is 4.45. The van der Waals surface area contributed by atoms with Gasteiger partial charge < -0.3 is 10.1 Å². The monoisotopic (exact) mass is 367 g/mol. The van der Waals surface area contributed by atoms with E-state index in [1.165, 1.54) is 6.42 Å². The minimum atomic E-state index is -0.485. The number of carbonyl (C=O) groups excluding carboxylic acids is 2. The van der Waals surface area contributed by atoms with Crippen molar-refractivity contribution in [2.24, 2.45) is 11.8 Å². The van der Waals surface area contributed by atoms with E-state index >= 15 is 0 Å². The molecule has 1 amide bonds. The SMILES string of the molecule is C[C@H]1[C@H](C)CCC[C@@H]1NC(=O)COC(=O)c1cccc(Br)c1. The third-order valence-corrected chi connectivity index (χ3v) is 4.94. The van der Waals surface area contributed by atoms with Crippen LogP contribution in [0, 0.1) is 11.8 Å². The Kier molecular flexibility index (Phi) is 6.00. The molecule has 120 valence electrons. The van der Waals surface area contributed by atoms with Crippen molar-refractivity contribution in [1.82, 2.24) is 5.32 Å². The quantitative estimate of drug-likeness (QED) is 0.827. The van der Waals surface area contributed by atoms with Crippen LogP contribution in [0.3, 0.4) is 0 Å². The van der Waals surface area contributed by atoms with E-state index < -0.39 is 5.97 Å². The first-order valence-corrected chi connectivity index (χ1v) is 8.48. The minimum Gasteiger partial charge on any atom is -0.452 e. The summed E-state index contributed by atoms with van der Waals surface area (Å²) in [7, 11) is 0. The number of ether oxygens (including phenoxy) is 1. The Balaban J connectivity index is 1.81. The number of rotatable bonds is 4. The zero-order valence-electron chi connectivity index (χ0n) is 13.0. The summed E-state index contributed by atoms with van der Waals surface area (Å²) in [5.41, 5.74) is 0.432. The van der Waals surface area contributed by atoms with Gasteiger partial charge in [0.15, 0.2) is 6.61 Å². The van der Waals surface area contributed by atoms with Gasteiger partial charge in [0, 0.05) is 10.5 Å². The van der Waals surface area contributed by atoms with Crippen LogP contribution in [0.2, 0.25) is 0 Å². The van der Waals surface area contributed by atoms with E-state index in [0.717, 1.165) is 17.3 Å². The molecule has 4 nitrogen and oxygen atoms in total. The predicted octanol–water partition coefficient (Wildman–Crippen LogP) is 3.55. The molecule has 2 rings (SSSR count). The number of benzene rings is 1. The van der Waals surface area contributed by atoms with E-state index in [2.05, 4.69) is 35.1 Å². The molecule has 1 fully saturated rings. The van der Waals surface area contributed by atoms with Gasteiger partial charge in [0.2, 0.25) is 0 Å². The summed E-state index contributed by atoms with van der Waals surface area (Å²) in [6, 6.07) is 7.10. The van der Waals surface area contributed by atoms with E-state index in [9.17, 15) is 9.59 Å². The molecule has 0 aliphatic heterocycles. The molecule has 0 saturated heterocycles. The summed E-state index contributed by atoms with van der Waals surface area (Å²) in [5, 5.41) is 2.99. The van der Waals surface area contributed by atoms with Crippen LogP contribution in [-0.2, 0) is 9.53 Å². The summed E-state index contributed by atoms with van der Waals surface area (Å²) < 4.78 is 5.88. The summed E-state index contributed by atoms with van der Waals surface area (Å²) in [5.74, 6) is 0.359. The van der Waals surface area contributed by atoms with Gasteiger partial charge in [-0.1, -0.05) is 48.7 Å². The maximum absolute atomic E-state index is 12.0. The van der Waals surface area contributed by atoms with Crippen molar-refractivity contribution in [3.8, 4) is 0 Å². The summed E-state index contributed by atoms with van der Waals surface area (Å²) in [4.78, 5) is 23.9. The lowest BCUT2D eigenvalue weighted by Gasteiger charge is -2.34. The highest BCUT2D eigenvalue weighted by Gasteiger charge is 2.28. The van der Waals surface area contributed by atoms with Crippen LogP contribution in [0.5, 0.6) is 0 Å². The van der Waals surface area contributed by atoms with Crippen molar-refractivity contribution in [3.63, 3.8) is 0 Å². The molecule has 1 aromatic carbocycles. The van der Waals surface area contributed by atoms with Crippen molar-refractivity contribution in [3.05, 3.63) is 34.3 Å². The maximum Gasteiger partial charge on any atom is 0.338 e. The topological polar surface area (TPSA) is 55.4 Å². The molecule has 22 heavy (non-hydrogen) atoms. The van der Waals surface area contributed by atoms with Crippen molar-refractivity contribution < 1.29 is 14.3 Å². The van der Waals surface area contributed by atoms with E-state index in [0.29, 0.717) is 17.4 Å². The van der Waals surface area contributed by atoms with Gasteiger partial charge in [0.1, 0.15) is 0 Å². The molecule has 1 N–H and O–H groups in total. The Morgan fingerprint density at radius 1 is 1.32 bits per heavy atom. The van der Waals surface area contributed by atoms with Crippen molar-refractivity contribution in [2.75, 3.05) is 6.61 Å². The Labute approximate surface area is 139 Å². The lowest BCUT2D eigenvalue weighted by Crippen LogP contribution is -2.45. The summed E-state index contributed by atoms with van der Waals surface area (Å²) >= 11 is 3.30. The molecule has 0 spiro atoms. The molecular formula is C17H22BrNO3. The van der Waals surface area contributed by atoms with Crippen LogP contribution < -0.4 is 5.32 Å². The average molecular weight is 368 g/mol. The molecule has 1 saturated carbocycles. The number of halogens is 1. The van der Waals surface area contributed by atoms with Crippen LogP contribution in [0.4, 0.5) is 0 Å². The molecule has 1 aromatic rings. The van der Waals surface area contributed by atoms with E-state index in [1.54, 1.807) is 18.2 Å². The van der Waals surface area contributed by atoms with Crippen LogP contribution >= 0.6 is 15.9 Å². The van der Waals surface area contributed by atoms with Gasteiger partial charge in [-0.25, -0.2) is 4.79 Å². The first kappa shape index (κ1) is 17.0. The van der Waals surface area contributed by atoms with Crippen LogP contribution in [0.15, 0.2) is 28.7 Å². The Hall–Kier alpha value is -1.36. The molecule has 0 bridgehead atoms. The highest BCUT2D eigenvalue weighted by molar-refractivity contribution is 9.10. The molecule has 0 unspecified atom stereocenters. The molecule has 0 radical (unpaired) electrons. The fraction of sp³-hybridized carbons (Fsp3) is 0.529. The minimum absolute atomic E-state index is 0.181. The summed E-state index contributed by atoms with van der Waals surface area (Å²) in [6.45, 7) is 4.15. The van der Waals surface area contributed by atoms with Gasteiger partial charge in [0.25, 0.3) is 5.91 Å². The van der Waals surface area contributed by atoms with Crippen LogP contribution in [0.25, 0.3) is 0 Å². The first-order chi connectivity index (χ1) is 10.5. The smallest absolute Gasteiger partial charge is 0.338 e. The predicted molar refractivity (Wildman–Crippen MR) is 88.5 cm³/mol. The standard InChI is InChI=1S/C17H22BrNO3/c1-11-5-3-8-15(12(11)2)19-16(20)10-22-17(21)13-6-4-7-14(18)9-13/h4,6-7,9,11-12,15H,3,5,8,10H2,1-2H3,(H,19,20)/t11-,12+,15+/m1/s1. The Bertz CT molecular complexity index is 546. The molecule has 1 aliphatic rings. The molecule has 5 heteroatoms. The Morgan fingerprint density at radius 3 is 2.82 bits per heavy atom. The number of hydrogen-bond acceptors (Lipinski definition) is 3. The highest BCUT2D eigenvalue weighted by Crippen LogP contribution is 2.29. The van der Waals surface area contributed by atoms with Crippen molar-refractivity contribution >= 4 is 27.8 Å². The molecule has 1 aliphatic carbocycles. The second kappa shape index (κ2) is 7.77. The van der Waals surface area contributed by atoms with Crippen molar-refractivity contribution in [2.45, 2.75) is 39.2 Å². The zero-order valence-corrected chi connectivity index (χ0v) is 14.6. The van der Waals surface area contributed by atoms with Gasteiger partial charge in [-0.05, 0) is 36.5 Å². The number of esters is 1. The highest BCUT2D eigenvalue weighted by atomic mass is 79.9. The number of hydrogen-bond donors (Lipinski definition) is 1. The molecule has 3 atom stereocenters. The third kappa shape index (κ3) is 4.57. The zero-order chi connectivity index (χ0) is 16.1. The van der Waals surface area contributed by atoms with E-state index in [-0.39, 0.29) is 18.6 Å². The molecule has 0 aromatic heterocycles. The Morgan fingerprint density at radius 2 is 2.09 bits per heavy atom. The van der Waals surface area contributed by atoms with Crippen LogP contribution in [0.1, 0.15) is 43.5 Å². The van der Waals surface area contributed by atoms with Crippen LogP contribution in [-0.4, -0.2) is 24.5 Å². The maximum atomic E-state index is 12.0. The number of carbonyl (C=O) groups is 2. The molecular weight excluding hydrogens is 346 g/mol. The van der Waals surface area contributed by atoms with Gasteiger partial charge in [-0.15, -0.1) is 0 Å². The number of nitrogens with one attached hydrogen (secondary N) is 1. The second-order valence-corrected chi connectivity index (χ2v) is 6.94. The first-order valence-electron chi connectivity index (χ1n) is 7.69. The van der Waals surface area contributed by atoms with Gasteiger partial charge in [-0.3, -0.25) is 4.79 Å². The largest absolute Gasteiger partial charge is 0.452 e. The molecule has 0 heterocycles. The van der Waals surface area contributed by atoms with Gasteiger partial charge >= 0.3 is 5.97 Å². The van der Waals surface area contributed by atoms with E-state index in [4.69, 9.17) is 4.74 Å². The van der Waals surface area contributed by atoms with Crippen molar-refractivity contribution in [1.29, 1.82) is 0 Å². The fourth-order valence-corrected chi connectivity index (χ4v) is 3.26. The number of amides is 1. The van der Waals surface area contributed by atoms with Gasteiger partial charge in [-0.2, -0.15) is 0 Å². The fourth-order valence-electron chi connectivity index (χ4n) is 2.86.